The van der Waals surface area contributed by atoms with Gasteiger partial charge in [-0.15, -0.1) is 0 Å². The molecule has 0 saturated heterocycles. The molecule has 1 amide bonds. The minimum atomic E-state index is -4.99. The van der Waals surface area contributed by atoms with Gasteiger partial charge in [0.05, 0.1) is 5.69 Å². The summed E-state index contributed by atoms with van der Waals surface area (Å²) >= 11 is 0. The second-order valence-corrected chi connectivity index (χ2v) is 5.38. The van der Waals surface area contributed by atoms with E-state index >= 15 is 0 Å². The SMILES string of the molecule is Cc1c(C(F)(F)F)[nH]c(=O)n(-c2cc3c(cc2F)ONC(=O)C3O)c1=O. The van der Waals surface area contributed by atoms with Crippen molar-refractivity contribution in [1.29, 1.82) is 0 Å². The van der Waals surface area contributed by atoms with Gasteiger partial charge in [-0.05, 0) is 13.0 Å². The molecule has 0 aliphatic carbocycles. The van der Waals surface area contributed by atoms with E-state index in [0.29, 0.717) is 6.07 Å². The molecule has 0 fully saturated rings. The number of benzene rings is 1. The van der Waals surface area contributed by atoms with Gasteiger partial charge >= 0.3 is 11.9 Å². The fourth-order valence-electron chi connectivity index (χ4n) is 2.46. The van der Waals surface area contributed by atoms with Gasteiger partial charge in [-0.25, -0.2) is 13.8 Å². The zero-order valence-corrected chi connectivity index (χ0v) is 12.8. The van der Waals surface area contributed by atoms with Crippen molar-refractivity contribution in [3.63, 3.8) is 0 Å². The number of hydrogen-bond donors (Lipinski definition) is 3. The maximum atomic E-state index is 14.3. The molecule has 3 N–H and O–H groups in total. The summed E-state index contributed by atoms with van der Waals surface area (Å²) in [5.41, 5.74) is -4.56. The first kappa shape index (κ1) is 17.7. The zero-order chi connectivity index (χ0) is 19.4. The highest BCUT2D eigenvalue weighted by molar-refractivity contribution is 5.83. The van der Waals surface area contributed by atoms with Crippen LogP contribution in [0.2, 0.25) is 0 Å². The number of halogens is 4. The lowest BCUT2D eigenvalue weighted by atomic mass is 10.1. The Morgan fingerprint density at radius 3 is 2.50 bits per heavy atom. The summed E-state index contributed by atoms with van der Waals surface area (Å²) < 4.78 is 53.0. The quantitative estimate of drug-likeness (QED) is 0.627. The van der Waals surface area contributed by atoms with E-state index in [1.807, 2.05) is 5.48 Å². The van der Waals surface area contributed by atoms with Crippen LogP contribution in [-0.4, -0.2) is 20.6 Å². The Kier molecular flexibility index (Phi) is 3.87. The number of nitrogens with zero attached hydrogens (tertiary/aromatic N) is 1. The van der Waals surface area contributed by atoms with Gasteiger partial charge in [0.1, 0.15) is 5.69 Å². The lowest BCUT2D eigenvalue weighted by molar-refractivity contribution is -0.142. The molecule has 2 aromatic rings. The number of aromatic amines is 1. The van der Waals surface area contributed by atoms with Crippen LogP contribution < -0.4 is 21.6 Å². The number of aromatic nitrogens is 2. The first-order valence-electron chi connectivity index (χ1n) is 6.94. The Bertz CT molecular complexity index is 1040. The highest BCUT2D eigenvalue weighted by Gasteiger charge is 2.36. The second-order valence-electron chi connectivity index (χ2n) is 5.38. The van der Waals surface area contributed by atoms with Crippen LogP contribution in [0.5, 0.6) is 5.75 Å². The number of H-pyrrole nitrogens is 1. The van der Waals surface area contributed by atoms with E-state index < -0.39 is 52.2 Å². The van der Waals surface area contributed by atoms with Gasteiger partial charge in [-0.2, -0.15) is 18.7 Å². The van der Waals surface area contributed by atoms with Gasteiger partial charge in [0.25, 0.3) is 11.5 Å². The van der Waals surface area contributed by atoms with E-state index in [4.69, 9.17) is 4.84 Å². The van der Waals surface area contributed by atoms with E-state index in [9.17, 15) is 37.1 Å². The fourth-order valence-corrected chi connectivity index (χ4v) is 2.46. The lowest BCUT2D eigenvalue weighted by Gasteiger charge is -2.22. The maximum absolute atomic E-state index is 14.3. The van der Waals surface area contributed by atoms with E-state index in [-0.39, 0.29) is 15.9 Å². The number of rotatable bonds is 1. The molecule has 0 bridgehead atoms. The number of amides is 1. The van der Waals surface area contributed by atoms with Crippen molar-refractivity contribution >= 4 is 5.91 Å². The average Bonchev–Trinajstić information content (AvgIpc) is 2.54. The number of carbonyl (C=O) groups is 1. The van der Waals surface area contributed by atoms with Crippen LogP contribution >= 0.6 is 0 Å². The largest absolute Gasteiger partial charge is 0.431 e. The summed E-state index contributed by atoms with van der Waals surface area (Å²) in [5, 5.41) is 9.80. The topological polar surface area (TPSA) is 113 Å². The van der Waals surface area contributed by atoms with E-state index in [1.54, 1.807) is 0 Å². The molecule has 0 saturated carbocycles. The summed E-state index contributed by atoms with van der Waals surface area (Å²) in [7, 11) is 0. The van der Waals surface area contributed by atoms with Gasteiger partial charge in [-0.3, -0.25) is 9.59 Å². The Morgan fingerprint density at radius 1 is 1.23 bits per heavy atom. The van der Waals surface area contributed by atoms with Crippen molar-refractivity contribution < 1.29 is 32.3 Å². The normalized spacial score (nSPS) is 16.7. The molecular weight excluding hydrogens is 366 g/mol. The molecule has 1 aliphatic heterocycles. The van der Waals surface area contributed by atoms with Crippen LogP contribution in [0.3, 0.4) is 0 Å². The summed E-state index contributed by atoms with van der Waals surface area (Å²) in [6.07, 6.45) is -6.78. The summed E-state index contributed by atoms with van der Waals surface area (Å²) in [5.74, 6) is -2.47. The maximum Gasteiger partial charge on any atom is 0.431 e. The van der Waals surface area contributed by atoms with Gasteiger partial charge in [0.2, 0.25) is 0 Å². The molecule has 1 atom stereocenters. The van der Waals surface area contributed by atoms with Crippen LogP contribution in [0.4, 0.5) is 17.6 Å². The minimum Gasteiger partial charge on any atom is -0.379 e. The smallest absolute Gasteiger partial charge is 0.379 e. The molecule has 1 aromatic heterocycles. The average molecular weight is 375 g/mol. The van der Waals surface area contributed by atoms with Crippen molar-refractivity contribution in [3.05, 3.63) is 55.6 Å². The number of alkyl halides is 3. The number of hydrogen-bond acceptors (Lipinski definition) is 5. The van der Waals surface area contributed by atoms with Crippen molar-refractivity contribution in [3.8, 4) is 11.4 Å². The fraction of sp³-hybridized carbons (Fsp3) is 0.214. The molecule has 138 valence electrons. The first-order valence-corrected chi connectivity index (χ1v) is 6.94. The minimum absolute atomic E-state index is 0.138. The summed E-state index contributed by atoms with van der Waals surface area (Å²) in [6, 6.07) is 1.45. The standard InChI is InChI=1S/C14H9F4N3O5/c1-4-10(14(16,17)18)19-13(25)21(12(4)24)7-2-5-8(3-6(7)15)26-20-11(23)9(5)22/h2-3,9,22H,1H3,(H,19,25)(H,20,23). The summed E-state index contributed by atoms with van der Waals surface area (Å²) in [6.45, 7) is 0.819. The number of carbonyl (C=O) groups excluding carboxylic acids is 1. The Labute approximate surface area is 140 Å². The van der Waals surface area contributed by atoms with Gasteiger partial charge < -0.3 is 14.9 Å². The number of nitrogens with one attached hydrogen (secondary N) is 2. The zero-order valence-electron chi connectivity index (χ0n) is 12.8. The molecule has 12 heteroatoms. The van der Waals surface area contributed by atoms with Crippen molar-refractivity contribution in [1.82, 2.24) is 15.0 Å². The molecule has 1 unspecified atom stereocenters. The molecule has 8 nitrogen and oxygen atoms in total. The highest BCUT2D eigenvalue weighted by Crippen LogP contribution is 2.32. The molecular formula is C14H9F4N3O5. The van der Waals surface area contributed by atoms with E-state index in [1.165, 1.54) is 4.98 Å². The third kappa shape index (κ3) is 2.63. The second kappa shape index (κ2) is 5.69. The van der Waals surface area contributed by atoms with Crippen LogP contribution in [0, 0.1) is 12.7 Å². The van der Waals surface area contributed by atoms with Crippen LogP contribution in [0.15, 0.2) is 21.7 Å². The Morgan fingerprint density at radius 2 is 1.88 bits per heavy atom. The van der Waals surface area contributed by atoms with Crippen molar-refractivity contribution in [2.45, 2.75) is 19.2 Å². The predicted molar refractivity (Wildman–Crippen MR) is 76.1 cm³/mol. The van der Waals surface area contributed by atoms with Crippen LogP contribution in [0.25, 0.3) is 5.69 Å². The molecule has 1 aliphatic rings. The van der Waals surface area contributed by atoms with Crippen molar-refractivity contribution in [2.24, 2.45) is 0 Å². The van der Waals surface area contributed by atoms with Crippen LogP contribution in [0.1, 0.15) is 22.9 Å². The summed E-state index contributed by atoms with van der Waals surface area (Å²) in [4.78, 5) is 41.8. The molecule has 0 radical (unpaired) electrons. The molecule has 2 heterocycles. The third-order valence-electron chi connectivity index (χ3n) is 3.74. The van der Waals surface area contributed by atoms with E-state index in [0.717, 1.165) is 13.0 Å². The van der Waals surface area contributed by atoms with E-state index in [2.05, 4.69) is 0 Å². The number of fused-ring (bicyclic) bond motifs is 1. The predicted octanol–water partition coefficient (Wildman–Crippen LogP) is 0.449. The molecule has 1 aromatic carbocycles. The molecule has 3 rings (SSSR count). The third-order valence-corrected chi connectivity index (χ3v) is 3.74. The molecule has 26 heavy (non-hydrogen) atoms. The van der Waals surface area contributed by atoms with Gasteiger partial charge in [0.15, 0.2) is 17.7 Å². The lowest BCUT2D eigenvalue weighted by Crippen LogP contribution is -2.40. The Hall–Kier alpha value is -3.15. The Balaban J connectivity index is 2.29. The highest BCUT2D eigenvalue weighted by atomic mass is 19.4. The first-order chi connectivity index (χ1) is 12.0. The number of aliphatic hydroxyl groups excluding tert-OH is 1. The van der Waals surface area contributed by atoms with Gasteiger partial charge in [-0.1, -0.05) is 0 Å². The molecule has 0 spiro atoms. The monoisotopic (exact) mass is 375 g/mol. The number of aliphatic hydroxyl groups is 1. The van der Waals surface area contributed by atoms with Gasteiger partial charge in [0, 0.05) is 17.2 Å². The van der Waals surface area contributed by atoms with Crippen LogP contribution in [-0.2, 0) is 11.0 Å². The van der Waals surface area contributed by atoms with Crippen molar-refractivity contribution in [2.75, 3.05) is 0 Å². The number of hydroxylamine groups is 1.